The lowest BCUT2D eigenvalue weighted by Gasteiger charge is -2.05. The third-order valence-corrected chi connectivity index (χ3v) is 4.77. The van der Waals surface area contributed by atoms with Crippen LogP contribution in [0.2, 0.25) is 0 Å². The number of thiophene rings is 1. The molecule has 1 heterocycles. The summed E-state index contributed by atoms with van der Waals surface area (Å²) in [6.07, 6.45) is 0. The molecule has 0 radical (unpaired) electrons. The molecule has 2 aromatic rings. The van der Waals surface area contributed by atoms with Gasteiger partial charge in [-0.05, 0) is 35.7 Å². The number of aliphatic hydroxyl groups excluding tert-OH is 1. The molecular formula is C14H16OS2. The molecule has 0 atom stereocenters. The average molecular weight is 264 g/mol. The molecular weight excluding hydrogens is 248 g/mol. The number of benzene rings is 1. The molecule has 1 nitrogen and oxygen atoms in total. The molecule has 90 valence electrons. The fourth-order valence-corrected chi connectivity index (χ4v) is 3.55. The van der Waals surface area contributed by atoms with E-state index in [4.69, 9.17) is 5.11 Å². The quantitative estimate of drug-likeness (QED) is 0.876. The zero-order valence-electron chi connectivity index (χ0n) is 10.0. The Balaban J connectivity index is 2.08. The predicted octanol–water partition coefficient (Wildman–Crippen LogP) is 4.52. The van der Waals surface area contributed by atoms with Crippen molar-refractivity contribution < 1.29 is 5.11 Å². The minimum Gasteiger partial charge on any atom is -0.391 e. The first-order chi connectivity index (χ1) is 8.19. The molecule has 1 aromatic heterocycles. The summed E-state index contributed by atoms with van der Waals surface area (Å²) in [5, 5.41) is 9.02. The summed E-state index contributed by atoms with van der Waals surface area (Å²) in [5.74, 6) is 0.580. The van der Waals surface area contributed by atoms with E-state index in [1.807, 2.05) is 6.07 Å². The van der Waals surface area contributed by atoms with E-state index in [0.29, 0.717) is 5.92 Å². The second kappa shape index (κ2) is 5.71. The van der Waals surface area contributed by atoms with Crippen LogP contribution in [-0.4, -0.2) is 5.11 Å². The molecule has 1 aromatic carbocycles. The summed E-state index contributed by atoms with van der Waals surface area (Å²) in [5.41, 5.74) is 1.37. The van der Waals surface area contributed by atoms with Crippen LogP contribution < -0.4 is 0 Å². The Morgan fingerprint density at radius 2 is 1.82 bits per heavy atom. The molecule has 0 saturated heterocycles. The Hall–Kier alpha value is -0.770. The van der Waals surface area contributed by atoms with Gasteiger partial charge in [0.1, 0.15) is 0 Å². The van der Waals surface area contributed by atoms with Crippen LogP contribution in [0.25, 0.3) is 0 Å². The second-order valence-electron chi connectivity index (χ2n) is 4.20. The zero-order valence-corrected chi connectivity index (χ0v) is 11.6. The van der Waals surface area contributed by atoms with Crippen LogP contribution in [0.1, 0.15) is 30.2 Å². The van der Waals surface area contributed by atoms with Crippen molar-refractivity contribution in [2.75, 3.05) is 0 Å². The molecule has 0 unspecified atom stereocenters. The number of hydrogen-bond acceptors (Lipinski definition) is 3. The molecule has 17 heavy (non-hydrogen) atoms. The van der Waals surface area contributed by atoms with Gasteiger partial charge in [0, 0.05) is 9.77 Å². The molecule has 0 aliphatic rings. The highest BCUT2D eigenvalue weighted by atomic mass is 32.2. The van der Waals surface area contributed by atoms with Crippen molar-refractivity contribution in [1.82, 2.24) is 0 Å². The van der Waals surface area contributed by atoms with Crippen LogP contribution in [0.15, 0.2) is 45.5 Å². The molecule has 0 saturated carbocycles. The molecule has 3 heteroatoms. The van der Waals surface area contributed by atoms with Crippen LogP contribution >= 0.6 is 23.1 Å². The molecule has 0 bridgehead atoms. The fraction of sp³-hybridized carbons (Fsp3) is 0.286. The van der Waals surface area contributed by atoms with Gasteiger partial charge < -0.3 is 5.11 Å². The number of hydrogen-bond donors (Lipinski definition) is 1. The monoisotopic (exact) mass is 264 g/mol. The molecule has 1 N–H and O–H groups in total. The number of aliphatic hydroxyl groups is 1. The summed E-state index contributed by atoms with van der Waals surface area (Å²) < 4.78 is 1.23. The van der Waals surface area contributed by atoms with E-state index < -0.39 is 0 Å². The summed E-state index contributed by atoms with van der Waals surface area (Å²) >= 11 is 3.40. The summed E-state index contributed by atoms with van der Waals surface area (Å²) in [6, 6.07) is 12.8. The van der Waals surface area contributed by atoms with Crippen LogP contribution in [-0.2, 0) is 6.61 Å². The molecule has 0 aliphatic carbocycles. The SMILES string of the molecule is CC(C)c1ccc(Sc2ccc(CO)s2)cc1. The van der Waals surface area contributed by atoms with Gasteiger partial charge in [0.2, 0.25) is 0 Å². The maximum atomic E-state index is 9.02. The first-order valence-corrected chi connectivity index (χ1v) is 7.29. The Kier molecular flexibility index (Phi) is 4.26. The largest absolute Gasteiger partial charge is 0.391 e. The Morgan fingerprint density at radius 3 is 2.35 bits per heavy atom. The van der Waals surface area contributed by atoms with Crippen molar-refractivity contribution >= 4 is 23.1 Å². The van der Waals surface area contributed by atoms with E-state index in [-0.39, 0.29) is 6.61 Å². The van der Waals surface area contributed by atoms with Crippen molar-refractivity contribution in [2.45, 2.75) is 35.5 Å². The van der Waals surface area contributed by atoms with Crippen molar-refractivity contribution in [3.8, 4) is 0 Å². The summed E-state index contributed by atoms with van der Waals surface area (Å²) in [7, 11) is 0. The molecule has 2 rings (SSSR count). The van der Waals surface area contributed by atoms with Crippen LogP contribution in [0.3, 0.4) is 0 Å². The fourth-order valence-electron chi connectivity index (χ4n) is 1.53. The van der Waals surface area contributed by atoms with Gasteiger partial charge in [-0.3, -0.25) is 0 Å². The lowest BCUT2D eigenvalue weighted by atomic mass is 10.0. The van der Waals surface area contributed by atoms with Crippen LogP contribution in [0.4, 0.5) is 0 Å². The molecule has 0 spiro atoms. The Morgan fingerprint density at radius 1 is 1.12 bits per heavy atom. The van der Waals surface area contributed by atoms with Crippen LogP contribution in [0.5, 0.6) is 0 Å². The first kappa shape index (κ1) is 12.7. The van der Waals surface area contributed by atoms with E-state index in [0.717, 1.165) is 4.88 Å². The second-order valence-corrected chi connectivity index (χ2v) is 6.75. The third-order valence-electron chi connectivity index (χ3n) is 2.56. The molecule has 0 fully saturated rings. The Labute approximate surface area is 111 Å². The maximum absolute atomic E-state index is 9.02. The van der Waals surface area contributed by atoms with Gasteiger partial charge in [-0.1, -0.05) is 37.7 Å². The standard InChI is InChI=1S/C14H16OS2/c1-10(2)11-3-5-12(6-4-11)16-14-8-7-13(9-15)17-14/h3-8,10,15H,9H2,1-2H3. The van der Waals surface area contributed by atoms with E-state index >= 15 is 0 Å². The number of rotatable bonds is 4. The lowest BCUT2D eigenvalue weighted by Crippen LogP contribution is -1.85. The highest BCUT2D eigenvalue weighted by Crippen LogP contribution is 2.33. The normalized spacial score (nSPS) is 11.1. The third kappa shape index (κ3) is 3.35. The van der Waals surface area contributed by atoms with E-state index in [1.165, 1.54) is 14.7 Å². The highest BCUT2D eigenvalue weighted by molar-refractivity contribution is 8.01. The Bertz CT molecular complexity index is 471. The summed E-state index contributed by atoms with van der Waals surface area (Å²) in [4.78, 5) is 2.27. The maximum Gasteiger partial charge on any atom is 0.0774 e. The predicted molar refractivity (Wildman–Crippen MR) is 74.9 cm³/mol. The van der Waals surface area contributed by atoms with Gasteiger partial charge in [-0.15, -0.1) is 11.3 Å². The smallest absolute Gasteiger partial charge is 0.0774 e. The lowest BCUT2D eigenvalue weighted by molar-refractivity contribution is 0.285. The van der Waals surface area contributed by atoms with Crippen molar-refractivity contribution in [3.05, 3.63) is 46.8 Å². The minimum absolute atomic E-state index is 0.136. The van der Waals surface area contributed by atoms with E-state index in [1.54, 1.807) is 23.1 Å². The topological polar surface area (TPSA) is 20.2 Å². The molecule has 0 aliphatic heterocycles. The average Bonchev–Trinajstić information content (AvgIpc) is 2.77. The van der Waals surface area contributed by atoms with Gasteiger partial charge in [0.15, 0.2) is 0 Å². The minimum atomic E-state index is 0.136. The van der Waals surface area contributed by atoms with Gasteiger partial charge in [0.05, 0.1) is 10.8 Å². The van der Waals surface area contributed by atoms with Crippen molar-refractivity contribution in [3.63, 3.8) is 0 Å². The summed E-state index contributed by atoms with van der Waals surface area (Å²) in [6.45, 7) is 4.54. The van der Waals surface area contributed by atoms with Crippen LogP contribution in [0, 0.1) is 0 Å². The highest BCUT2D eigenvalue weighted by Gasteiger charge is 2.03. The van der Waals surface area contributed by atoms with E-state index in [2.05, 4.69) is 44.2 Å². The molecule has 0 amide bonds. The van der Waals surface area contributed by atoms with Gasteiger partial charge in [-0.2, -0.15) is 0 Å². The van der Waals surface area contributed by atoms with Gasteiger partial charge in [-0.25, -0.2) is 0 Å². The van der Waals surface area contributed by atoms with Crippen molar-refractivity contribution in [2.24, 2.45) is 0 Å². The zero-order chi connectivity index (χ0) is 12.3. The van der Waals surface area contributed by atoms with Gasteiger partial charge >= 0.3 is 0 Å². The van der Waals surface area contributed by atoms with Gasteiger partial charge in [0.25, 0.3) is 0 Å². The first-order valence-electron chi connectivity index (χ1n) is 5.66. The van der Waals surface area contributed by atoms with E-state index in [9.17, 15) is 0 Å². The van der Waals surface area contributed by atoms with Crippen molar-refractivity contribution in [1.29, 1.82) is 0 Å².